The number of hydrogen-bond acceptors (Lipinski definition) is 5. The van der Waals surface area contributed by atoms with Gasteiger partial charge < -0.3 is 18.9 Å². The minimum Gasteiger partial charge on any atom is -0.454 e. The molecule has 0 spiro atoms. The average Bonchev–Trinajstić information content (AvgIpc) is 3.55. The summed E-state index contributed by atoms with van der Waals surface area (Å²) in [6.45, 7) is 0.179. The topological polar surface area (TPSA) is 70.6 Å². The maximum Gasteiger partial charge on any atom is 0.331 e. The van der Waals surface area contributed by atoms with Crippen molar-refractivity contribution in [2.24, 2.45) is 14.1 Å². The fourth-order valence-electron chi connectivity index (χ4n) is 5.47. The Morgan fingerprint density at radius 1 is 0.806 bits per heavy atom. The van der Waals surface area contributed by atoms with Crippen LogP contribution in [-0.4, -0.2) is 20.5 Å². The van der Waals surface area contributed by atoms with E-state index < -0.39 is 0 Å². The maximum atomic E-state index is 13.3. The van der Waals surface area contributed by atoms with E-state index in [4.69, 9.17) is 9.47 Å². The highest BCUT2D eigenvalue weighted by Gasteiger charge is 2.37. The Bertz CT molecular complexity index is 1800. The summed E-state index contributed by atoms with van der Waals surface area (Å²) in [5.74, 6) is 1.37. The lowest BCUT2D eigenvalue weighted by molar-refractivity contribution is 0.174. The molecule has 0 amide bonds. The van der Waals surface area contributed by atoms with Crippen LogP contribution >= 0.6 is 0 Å². The normalized spacial score (nSPS) is 15.7. The minimum absolute atomic E-state index is 0.179. The Hall–Kier alpha value is -4.72. The van der Waals surface area contributed by atoms with E-state index in [0.29, 0.717) is 22.4 Å². The standard InChI is InChI=1S/C28H22N4O4/c1-29-25-19(27(33)30(2)28(29)34)15-31-20-10-6-7-11-21(20)32(18-8-4-3-5-9-18)24(26(25)31)17-12-13-22-23(14-17)36-16-35-22/h3-15,24H,16H2,1-2H3. The van der Waals surface area contributed by atoms with Crippen molar-refractivity contribution in [2.45, 2.75) is 6.04 Å². The van der Waals surface area contributed by atoms with Crippen LogP contribution in [0.3, 0.4) is 0 Å². The van der Waals surface area contributed by atoms with Crippen molar-refractivity contribution in [3.8, 4) is 17.2 Å². The van der Waals surface area contributed by atoms with Crippen molar-refractivity contribution < 1.29 is 9.47 Å². The van der Waals surface area contributed by atoms with Crippen LogP contribution in [0.5, 0.6) is 11.5 Å². The molecule has 1 atom stereocenters. The van der Waals surface area contributed by atoms with E-state index in [9.17, 15) is 9.59 Å². The van der Waals surface area contributed by atoms with Crippen LogP contribution in [0.1, 0.15) is 17.3 Å². The van der Waals surface area contributed by atoms with Crippen LogP contribution < -0.4 is 25.6 Å². The number of nitrogens with zero attached hydrogens (tertiary/aromatic N) is 4. The van der Waals surface area contributed by atoms with Gasteiger partial charge in [0, 0.05) is 26.0 Å². The summed E-state index contributed by atoms with van der Waals surface area (Å²) in [6.07, 6.45) is 1.85. The number of aryl methyl sites for hydroxylation is 1. The monoisotopic (exact) mass is 478 g/mol. The number of aromatic nitrogens is 3. The van der Waals surface area contributed by atoms with Gasteiger partial charge in [0.15, 0.2) is 11.5 Å². The molecule has 0 saturated heterocycles. The van der Waals surface area contributed by atoms with Gasteiger partial charge in [-0.2, -0.15) is 0 Å². The molecule has 0 saturated carbocycles. The van der Waals surface area contributed by atoms with E-state index in [1.165, 1.54) is 7.05 Å². The molecule has 3 aromatic carbocycles. The number of rotatable bonds is 2. The fraction of sp³-hybridized carbons (Fsp3) is 0.143. The highest BCUT2D eigenvalue weighted by atomic mass is 16.7. The third-order valence-electron chi connectivity index (χ3n) is 7.12. The number of ether oxygens (including phenoxy) is 2. The third kappa shape index (κ3) is 2.69. The second kappa shape index (κ2) is 7.39. The number of benzene rings is 3. The number of para-hydroxylation sites is 3. The predicted molar refractivity (Wildman–Crippen MR) is 137 cm³/mol. The van der Waals surface area contributed by atoms with Crippen LogP contribution in [0, 0.1) is 0 Å². The first-order valence-corrected chi connectivity index (χ1v) is 11.7. The lowest BCUT2D eigenvalue weighted by atomic mass is 9.95. The van der Waals surface area contributed by atoms with Crippen LogP contribution in [0.15, 0.2) is 88.6 Å². The second-order valence-corrected chi connectivity index (χ2v) is 9.06. The molecule has 0 bridgehead atoms. The van der Waals surface area contributed by atoms with Crippen LogP contribution in [-0.2, 0) is 14.1 Å². The molecule has 0 aliphatic carbocycles. The fourth-order valence-corrected chi connectivity index (χ4v) is 5.47. The molecule has 0 N–H and O–H groups in total. The first kappa shape index (κ1) is 20.6. The molecule has 36 heavy (non-hydrogen) atoms. The largest absolute Gasteiger partial charge is 0.454 e. The van der Waals surface area contributed by atoms with E-state index in [1.54, 1.807) is 11.6 Å². The molecule has 7 rings (SSSR count). The second-order valence-electron chi connectivity index (χ2n) is 9.06. The molecular formula is C28H22N4O4. The van der Waals surface area contributed by atoms with E-state index in [-0.39, 0.29) is 24.1 Å². The summed E-state index contributed by atoms with van der Waals surface area (Å²) < 4.78 is 16.1. The predicted octanol–water partition coefficient (Wildman–Crippen LogP) is 4.00. The van der Waals surface area contributed by atoms with Crippen molar-refractivity contribution in [1.29, 1.82) is 0 Å². The third-order valence-corrected chi connectivity index (χ3v) is 7.12. The van der Waals surface area contributed by atoms with Crippen molar-refractivity contribution in [3.63, 3.8) is 0 Å². The molecule has 178 valence electrons. The van der Waals surface area contributed by atoms with Gasteiger partial charge in [-0.3, -0.25) is 13.9 Å². The Kier molecular flexibility index (Phi) is 4.23. The van der Waals surface area contributed by atoms with Crippen LogP contribution in [0.2, 0.25) is 0 Å². The molecule has 2 aliphatic rings. The summed E-state index contributed by atoms with van der Waals surface area (Å²) in [7, 11) is 3.23. The van der Waals surface area contributed by atoms with Gasteiger partial charge in [0.2, 0.25) is 6.79 Å². The zero-order valence-electron chi connectivity index (χ0n) is 19.7. The van der Waals surface area contributed by atoms with Gasteiger partial charge in [0.05, 0.1) is 28.0 Å². The number of fused-ring (bicyclic) bond motifs is 6. The molecule has 8 nitrogen and oxygen atoms in total. The summed E-state index contributed by atoms with van der Waals surface area (Å²) in [5, 5.41) is 0.491. The number of anilines is 2. The zero-order valence-corrected chi connectivity index (χ0v) is 19.7. The Morgan fingerprint density at radius 3 is 2.33 bits per heavy atom. The molecule has 5 aromatic rings. The Labute approximate surface area is 205 Å². The average molecular weight is 479 g/mol. The Morgan fingerprint density at radius 2 is 1.53 bits per heavy atom. The lowest BCUT2D eigenvalue weighted by Gasteiger charge is -2.40. The van der Waals surface area contributed by atoms with Crippen molar-refractivity contribution in [2.75, 3.05) is 11.7 Å². The molecule has 2 aromatic heterocycles. The molecule has 2 aliphatic heterocycles. The van der Waals surface area contributed by atoms with Crippen molar-refractivity contribution >= 4 is 22.3 Å². The molecule has 0 radical (unpaired) electrons. The van der Waals surface area contributed by atoms with Gasteiger partial charge in [-0.05, 0) is 42.0 Å². The van der Waals surface area contributed by atoms with E-state index >= 15 is 0 Å². The molecule has 4 heterocycles. The van der Waals surface area contributed by atoms with Gasteiger partial charge in [0.1, 0.15) is 6.04 Å². The molecule has 1 unspecified atom stereocenters. The number of hydrogen-bond donors (Lipinski definition) is 0. The van der Waals surface area contributed by atoms with Gasteiger partial charge in [-0.15, -0.1) is 0 Å². The quantitative estimate of drug-likeness (QED) is 0.384. The first-order chi connectivity index (χ1) is 17.5. The van der Waals surface area contributed by atoms with E-state index in [1.807, 2.05) is 60.8 Å². The molecule has 8 heteroatoms. The summed E-state index contributed by atoms with van der Waals surface area (Å²) in [4.78, 5) is 28.6. The highest BCUT2D eigenvalue weighted by Crippen LogP contribution is 2.49. The smallest absolute Gasteiger partial charge is 0.331 e. The van der Waals surface area contributed by atoms with Gasteiger partial charge in [-0.25, -0.2) is 4.79 Å². The molecule has 0 fully saturated rings. The van der Waals surface area contributed by atoms with Crippen molar-refractivity contribution in [1.82, 2.24) is 13.7 Å². The van der Waals surface area contributed by atoms with Crippen molar-refractivity contribution in [3.05, 3.63) is 111 Å². The molecular weight excluding hydrogens is 456 g/mol. The first-order valence-electron chi connectivity index (χ1n) is 11.7. The minimum atomic E-state index is -0.365. The zero-order chi connectivity index (χ0) is 24.6. The highest BCUT2D eigenvalue weighted by molar-refractivity contribution is 5.89. The van der Waals surface area contributed by atoms with E-state index in [2.05, 4.69) is 27.7 Å². The summed E-state index contributed by atoms with van der Waals surface area (Å²) in [5.41, 5.74) is 4.62. The van der Waals surface area contributed by atoms with Gasteiger partial charge in [-0.1, -0.05) is 36.4 Å². The van der Waals surface area contributed by atoms with Gasteiger partial charge in [0.25, 0.3) is 5.56 Å². The summed E-state index contributed by atoms with van der Waals surface area (Å²) >= 11 is 0. The SMILES string of the molecule is Cn1c(=O)c2cn3c(c2n(C)c1=O)C(c1ccc2c(c1)OCO2)N(c1ccccc1)c1ccccc1-3. The maximum absolute atomic E-state index is 13.3. The lowest BCUT2D eigenvalue weighted by Crippen LogP contribution is -2.37. The van der Waals surface area contributed by atoms with Crippen LogP contribution in [0.25, 0.3) is 16.6 Å². The van der Waals surface area contributed by atoms with Gasteiger partial charge >= 0.3 is 5.69 Å². The van der Waals surface area contributed by atoms with Crippen LogP contribution in [0.4, 0.5) is 11.4 Å². The summed E-state index contributed by atoms with van der Waals surface area (Å²) in [6, 6.07) is 23.8. The Balaban J connectivity index is 1.64. The van der Waals surface area contributed by atoms with E-state index in [0.717, 1.165) is 32.9 Å².